The van der Waals surface area contributed by atoms with Crippen LogP contribution >= 0.6 is 0 Å². The van der Waals surface area contributed by atoms with Crippen molar-refractivity contribution in [2.75, 3.05) is 0 Å². The summed E-state index contributed by atoms with van der Waals surface area (Å²) in [5.41, 5.74) is 15.6. The van der Waals surface area contributed by atoms with Crippen molar-refractivity contribution in [2.24, 2.45) is 4.99 Å². The van der Waals surface area contributed by atoms with E-state index in [1.54, 1.807) is 0 Å². The molecule has 0 bridgehead atoms. The largest absolute Gasteiger partial charge is 0.339 e. The Balaban J connectivity index is 1.26. The third kappa shape index (κ3) is 4.76. The van der Waals surface area contributed by atoms with E-state index in [2.05, 4.69) is 182 Å². The summed E-state index contributed by atoms with van der Waals surface area (Å²) in [7, 11) is 0. The Labute approximate surface area is 287 Å². The molecule has 236 valence electrons. The fraction of sp³-hybridized carbons (Fsp3) is 0.109. The second-order valence-electron chi connectivity index (χ2n) is 13.8. The first-order valence-corrected chi connectivity index (χ1v) is 17.1. The van der Waals surface area contributed by atoms with E-state index < -0.39 is 0 Å². The van der Waals surface area contributed by atoms with Gasteiger partial charge in [0.05, 0.1) is 16.7 Å². The van der Waals surface area contributed by atoms with Gasteiger partial charge in [-0.15, -0.1) is 0 Å². The second kappa shape index (κ2) is 11.4. The zero-order valence-corrected chi connectivity index (χ0v) is 28.0. The number of nitrogens with zero attached hydrogens (tertiary/aromatic N) is 2. The second-order valence-corrected chi connectivity index (χ2v) is 13.8. The van der Waals surface area contributed by atoms with Crippen molar-refractivity contribution in [1.29, 1.82) is 0 Å². The molecule has 0 spiro atoms. The summed E-state index contributed by atoms with van der Waals surface area (Å²) >= 11 is 0. The molecule has 0 fully saturated rings. The smallest absolute Gasteiger partial charge is 0.138 e. The predicted molar refractivity (Wildman–Crippen MR) is 206 cm³/mol. The van der Waals surface area contributed by atoms with Crippen LogP contribution in [0.2, 0.25) is 0 Å². The van der Waals surface area contributed by atoms with Gasteiger partial charge in [0, 0.05) is 33.1 Å². The van der Waals surface area contributed by atoms with Crippen molar-refractivity contribution in [3.05, 3.63) is 185 Å². The van der Waals surface area contributed by atoms with Crippen LogP contribution < -0.4 is 5.32 Å². The highest BCUT2D eigenvalue weighted by atomic mass is 15.0. The molecule has 1 N–H and O–H groups in total. The van der Waals surface area contributed by atoms with E-state index in [-0.39, 0.29) is 5.41 Å². The van der Waals surface area contributed by atoms with Crippen LogP contribution in [0.1, 0.15) is 55.0 Å². The van der Waals surface area contributed by atoms with Crippen LogP contribution in [-0.2, 0) is 5.41 Å². The number of fused-ring (bicyclic) bond motifs is 6. The van der Waals surface area contributed by atoms with Crippen molar-refractivity contribution < 1.29 is 0 Å². The molecule has 0 amide bonds. The van der Waals surface area contributed by atoms with Crippen LogP contribution in [-0.4, -0.2) is 10.4 Å². The van der Waals surface area contributed by atoms with Crippen molar-refractivity contribution in [1.82, 2.24) is 9.88 Å². The van der Waals surface area contributed by atoms with Crippen LogP contribution in [0.3, 0.4) is 0 Å². The molecule has 1 aromatic heterocycles. The van der Waals surface area contributed by atoms with Gasteiger partial charge in [0.15, 0.2) is 0 Å². The minimum atomic E-state index is -0.0761. The SMILES string of the molecule is CC1=C(c2ccc3c(c2)c2cc4c(cc2n3-c2ccccc2)C(C)(C)c2ccccc2-4)NC(c2ccccc2)=N/C(c2ccccc2)=C/C1. The van der Waals surface area contributed by atoms with Gasteiger partial charge in [-0.05, 0) is 88.7 Å². The molecule has 0 saturated heterocycles. The lowest BCUT2D eigenvalue weighted by molar-refractivity contribution is 0.661. The maximum absolute atomic E-state index is 5.24. The molecule has 3 nitrogen and oxygen atoms in total. The highest BCUT2D eigenvalue weighted by Crippen LogP contribution is 2.51. The molecule has 2 heterocycles. The van der Waals surface area contributed by atoms with E-state index in [9.17, 15) is 0 Å². The lowest BCUT2D eigenvalue weighted by Gasteiger charge is -2.21. The van der Waals surface area contributed by atoms with E-state index in [1.807, 2.05) is 0 Å². The summed E-state index contributed by atoms with van der Waals surface area (Å²) in [5.74, 6) is 0.841. The maximum atomic E-state index is 5.24. The molecule has 7 aromatic rings. The fourth-order valence-corrected chi connectivity index (χ4v) is 7.84. The van der Waals surface area contributed by atoms with Gasteiger partial charge in [0.25, 0.3) is 0 Å². The number of allylic oxidation sites excluding steroid dienone is 2. The standard InChI is InChI=1S/C46H37N3/c1-30-23-25-41(31-15-7-4-8-16-31)47-45(32-17-9-5-10-18-32)48-44(30)33-24-26-42-37(27-33)38-28-36-35-21-13-14-22-39(35)46(2,3)40(36)29-43(38)49(42)34-19-11-6-12-20-34/h4-22,24-29H,23H2,1-3H3,(H,47,48)/b41-25+,44-30?. The molecule has 1 aliphatic carbocycles. The topological polar surface area (TPSA) is 29.3 Å². The van der Waals surface area contributed by atoms with Gasteiger partial charge in [-0.25, -0.2) is 4.99 Å². The molecule has 2 aliphatic rings. The van der Waals surface area contributed by atoms with Gasteiger partial charge in [0.2, 0.25) is 0 Å². The highest BCUT2D eigenvalue weighted by molar-refractivity contribution is 6.13. The summed E-state index contributed by atoms with van der Waals surface area (Å²) in [5, 5.41) is 6.34. The van der Waals surface area contributed by atoms with E-state index in [1.165, 1.54) is 55.3 Å². The van der Waals surface area contributed by atoms with E-state index in [4.69, 9.17) is 4.99 Å². The average molecular weight is 632 g/mol. The molecule has 3 heteroatoms. The third-order valence-corrected chi connectivity index (χ3v) is 10.4. The number of aromatic nitrogens is 1. The Hall–Kier alpha value is -5.93. The summed E-state index contributed by atoms with van der Waals surface area (Å²) in [4.78, 5) is 5.24. The van der Waals surface area contributed by atoms with Crippen molar-refractivity contribution in [3.8, 4) is 16.8 Å². The summed E-state index contributed by atoms with van der Waals surface area (Å²) in [6, 6.07) is 52.4. The van der Waals surface area contributed by atoms with Gasteiger partial charge in [0.1, 0.15) is 5.84 Å². The minimum Gasteiger partial charge on any atom is -0.339 e. The van der Waals surface area contributed by atoms with Crippen LogP contribution in [0, 0.1) is 0 Å². The number of benzene rings is 6. The first kappa shape index (κ1) is 29.2. The molecule has 6 aromatic carbocycles. The van der Waals surface area contributed by atoms with E-state index in [0.717, 1.165) is 40.3 Å². The molecular formula is C46H37N3. The Morgan fingerprint density at radius 1 is 0.592 bits per heavy atom. The molecule has 49 heavy (non-hydrogen) atoms. The monoisotopic (exact) mass is 631 g/mol. The average Bonchev–Trinajstić information content (AvgIpc) is 3.58. The maximum Gasteiger partial charge on any atom is 0.138 e. The molecule has 9 rings (SSSR count). The van der Waals surface area contributed by atoms with Crippen LogP contribution in [0.5, 0.6) is 0 Å². The zero-order chi connectivity index (χ0) is 33.1. The zero-order valence-electron chi connectivity index (χ0n) is 28.0. The highest BCUT2D eigenvalue weighted by Gasteiger charge is 2.36. The number of hydrogen-bond donors (Lipinski definition) is 1. The lowest BCUT2D eigenvalue weighted by atomic mass is 9.82. The molecule has 0 saturated carbocycles. The number of hydrogen-bond acceptors (Lipinski definition) is 2. The van der Waals surface area contributed by atoms with Crippen LogP contribution in [0.25, 0.3) is 50.0 Å². The van der Waals surface area contributed by atoms with Crippen LogP contribution in [0.4, 0.5) is 0 Å². The fourth-order valence-electron chi connectivity index (χ4n) is 7.84. The van der Waals surface area contributed by atoms with Gasteiger partial charge >= 0.3 is 0 Å². The van der Waals surface area contributed by atoms with E-state index >= 15 is 0 Å². The lowest BCUT2D eigenvalue weighted by Crippen LogP contribution is -2.25. The predicted octanol–water partition coefficient (Wildman–Crippen LogP) is 11.3. The van der Waals surface area contributed by atoms with E-state index in [0.29, 0.717) is 0 Å². The first-order valence-electron chi connectivity index (χ1n) is 17.1. The third-order valence-electron chi connectivity index (χ3n) is 10.4. The summed E-state index contributed by atoms with van der Waals surface area (Å²) in [6.45, 7) is 6.95. The van der Waals surface area contributed by atoms with Gasteiger partial charge in [-0.1, -0.05) is 129 Å². The van der Waals surface area contributed by atoms with Crippen molar-refractivity contribution in [2.45, 2.75) is 32.6 Å². The number of para-hydroxylation sites is 1. The van der Waals surface area contributed by atoms with Gasteiger partial charge in [-0.3, -0.25) is 0 Å². The molecule has 0 unspecified atom stereocenters. The summed E-state index contributed by atoms with van der Waals surface area (Å²) < 4.78 is 2.44. The number of aliphatic imine (C=N–C) groups is 1. The quantitative estimate of drug-likeness (QED) is 0.206. The number of rotatable bonds is 4. The first-order chi connectivity index (χ1) is 24.0. The number of nitrogens with one attached hydrogen (secondary N) is 1. The minimum absolute atomic E-state index is 0.0761. The Kier molecular flexibility index (Phi) is 6.77. The molecule has 0 radical (unpaired) electrons. The van der Waals surface area contributed by atoms with Crippen molar-refractivity contribution in [3.63, 3.8) is 0 Å². The van der Waals surface area contributed by atoms with Crippen LogP contribution in [0.15, 0.2) is 162 Å². The molecule has 1 aliphatic heterocycles. The normalized spacial score (nSPS) is 16.3. The summed E-state index contributed by atoms with van der Waals surface area (Å²) in [6.07, 6.45) is 3.05. The Bertz CT molecular complexity index is 2500. The Morgan fingerprint density at radius 3 is 2.00 bits per heavy atom. The number of amidine groups is 1. The van der Waals surface area contributed by atoms with Crippen molar-refractivity contribution >= 4 is 39.0 Å². The van der Waals surface area contributed by atoms with Gasteiger partial charge in [-0.2, -0.15) is 0 Å². The Morgan fingerprint density at radius 2 is 1.24 bits per heavy atom. The molecule has 0 atom stereocenters. The van der Waals surface area contributed by atoms with Gasteiger partial charge < -0.3 is 9.88 Å². The molecular weight excluding hydrogens is 595 g/mol.